The average molecular weight is 429 g/mol. The Labute approximate surface area is 181 Å². The summed E-state index contributed by atoms with van der Waals surface area (Å²) in [4.78, 5) is 54.3. The van der Waals surface area contributed by atoms with E-state index in [2.05, 4.69) is 5.16 Å². The molecule has 0 spiro atoms. The van der Waals surface area contributed by atoms with Crippen LogP contribution in [-0.4, -0.2) is 28.4 Å². The number of amides is 2. The number of rotatable bonds is 4. The van der Waals surface area contributed by atoms with E-state index in [1.54, 1.807) is 48.5 Å². The Kier molecular flexibility index (Phi) is 5.30. The Morgan fingerprint density at radius 1 is 0.938 bits per heavy atom. The van der Waals surface area contributed by atoms with Crippen molar-refractivity contribution < 1.29 is 24.1 Å². The molecule has 9 heteroatoms. The monoisotopic (exact) mass is 429 g/mol. The number of nitro benzene ring substituents is 1. The number of para-hydroxylation sites is 1. The van der Waals surface area contributed by atoms with Gasteiger partial charge in [-0.3, -0.25) is 19.7 Å². The number of nitrogens with zero attached hydrogens (tertiary/aromatic N) is 3. The topological polar surface area (TPSA) is 119 Å². The number of hydrogen-bond donors (Lipinski definition) is 0. The first kappa shape index (κ1) is 20.6. The number of fused-ring (bicyclic) bond motifs is 1. The fourth-order valence-corrected chi connectivity index (χ4v) is 3.17. The Bertz CT molecular complexity index is 1280. The molecule has 0 unspecified atom stereocenters. The first-order chi connectivity index (χ1) is 15.4. The highest BCUT2D eigenvalue weighted by molar-refractivity contribution is 6.58. The quantitative estimate of drug-likeness (QED) is 0.270. The maximum absolute atomic E-state index is 13.0. The van der Waals surface area contributed by atoms with Crippen LogP contribution in [0.5, 0.6) is 0 Å². The number of oxime groups is 1. The van der Waals surface area contributed by atoms with Crippen LogP contribution in [0.2, 0.25) is 0 Å². The highest BCUT2D eigenvalue weighted by Gasteiger charge is 2.39. The Morgan fingerprint density at radius 3 is 2.22 bits per heavy atom. The zero-order valence-corrected chi connectivity index (χ0v) is 16.7. The second-order valence-electron chi connectivity index (χ2n) is 6.95. The van der Waals surface area contributed by atoms with Crippen molar-refractivity contribution >= 4 is 34.9 Å². The zero-order valence-electron chi connectivity index (χ0n) is 16.7. The third-order valence-corrected chi connectivity index (χ3v) is 4.84. The van der Waals surface area contributed by atoms with Crippen molar-refractivity contribution in [1.29, 1.82) is 0 Å². The summed E-state index contributed by atoms with van der Waals surface area (Å²) >= 11 is 0. The van der Waals surface area contributed by atoms with Crippen LogP contribution in [0.25, 0.3) is 0 Å². The van der Waals surface area contributed by atoms with E-state index in [4.69, 9.17) is 4.84 Å². The van der Waals surface area contributed by atoms with Gasteiger partial charge >= 0.3 is 5.97 Å². The van der Waals surface area contributed by atoms with Crippen molar-refractivity contribution in [3.8, 4) is 0 Å². The van der Waals surface area contributed by atoms with E-state index in [-0.39, 0.29) is 17.0 Å². The predicted octanol–water partition coefficient (Wildman–Crippen LogP) is 3.65. The number of imide groups is 1. The number of carbonyl (C=O) groups excluding carboxylic acids is 3. The van der Waals surface area contributed by atoms with Crippen LogP contribution in [0, 0.1) is 17.0 Å². The van der Waals surface area contributed by atoms with E-state index >= 15 is 0 Å². The lowest BCUT2D eigenvalue weighted by Crippen LogP contribution is -2.36. The van der Waals surface area contributed by atoms with Gasteiger partial charge in [0.1, 0.15) is 0 Å². The van der Waals surface area contributed by atoms with Crippen molar-refractivity contribution in [2.24, 2.45) is 5.16 Å². The third kappa shape index (κ3) is 3.74. The van der Waals surface area contributed by atoms with Crippen LogP contribution >= 0.6 is 0 Å². The summed E-state index contributed by atoms with van der Waals surface area (Å²) in [6.45, 7) is 1.88. The second-order valence-corrected chi connectivity index (χ2v) is 6.95. The molecule has 1 aliphatic heterocycles. The normalized spacial score (nSPS) is 13.7. The minimum absolute atomic E-state index is 0.0197. The molecule has 0 saturated heterocycles. The van der Waals surface area contributed by atoms with Gasteiger partial charge in [0, 0.05) is 23.3 Å². The van der Waals surface area contributed by atoms with Gasteiger partial charge in [-0.15, -0.1) is 0 Å². The second kappa shape index (κ2) is 8.23. The number of aryl methyl sites for hydroxylation is 1. The summed E-state index contributed by atoms with van der Waals surface area (Å²) in [7, 11) is 0. The van der Waals surface area contributed by atoms with Gasteiger partial charge in [-0.25, -0.2) is 9.69 Å². The molecule has 1 heterocycles. The number of benzene rings is 3. The van der Waals surface area contributed by atoms with Crippen LogP contribution in [0.3, 0.4) is 0 Å². The van der Waals surface area contributed by atoms with Crippen LogP contribution in [0.1, 0.15) is 31.8 Å². The summed E-state index contributed by atoms with van der Waals surface area (Å²) in [5, 5.41) is 14.4. The van der Waals surface area contributed by atoms with Crippen molar-refractivity contribution in [2.45, 2.75) is 6.92 Å². The molecule has 0 bridgehead atoms. The van der Waals surface area contributed by atoms with Gasteiger partial charge in [-0.1, -0.05) is 41.1 Å². The number of anilines is 1. The minimum Gasteiger partial charge on any atom is -0.312 e. The average Bonchev–Trinajstić information content (AvgIpc) is 3.08. The summed E-state index contributed by atoms with van der Waals surface area (Å²) in [5.74, 6) is -2.16. The number of carbonyl (C=O) groups is 3. The fourth-order valence-electron chi connectivity index (χ4n) is 3.17. The number of hydrogen-bond acceptors (Lipinski definition) is 7. The highest BCUT2D eigenvalue weighted by atomic mass is 16.7. The molecule has 0 atom stereocenters. The molecular weight excluding hydrogens is 414 g/mol. The fraction of sp³-hybridized carbons (Fsp3) is 0.0435. The summed E-state index contributed by atoms with van der Waals surface area (Å²) < 4.78 is 0. The Hall–Kier alpha value is -4.66. The lowest BCUT2D eigenvalue weighted by atomic mass is 10.1. The molecule has 0 fully saturated rings. The van der Waals surface area contributed by atoms with Gasteiger partial charge in [0.25, 0.3) is 17.5 Å². The Morgan fingerprint density at radius 2 is 1.56 bits per heavy atom. The van der Waals surface area contributed by atoms with Gasteiger partial charge < -0.3 is 4.84 Å². The highest BCUT2D eigenvalue weighted by Crippen LogP contribution is 2.31. The Balaban J connectivity index is 1.62. The van der Waals surface area contributed by atoms with Crippen molar-refractivity contribution in [3.63, 3.8) is 0 Å². The first-order valence-electron chi connectivity index (χ1n) is 9.45. The smallest absolute Gasteiger partial charge is 0.312 e. The molecule has 0 aromatic heterocycles. The standard InChI is InChI=1S/C23H15N3O6/c1-14-6-8-15(9-7-14)21(27)25-19-5-3-2-4-18(19)20(22(25)28)24-32-23(29)16-10-12-17(13-11-16)26(30)31/h2-13H,1H3/b24-20-. The van der Waals surface area contributed by atoms with Crippen molar-refractivity contribution in [2.75, 3.05) is 4.90 Å². The molecule has 4 rings (SSSR count). The molecule has 3 aromatic carbocycles. The summed E-state index contributed by atoms with van der Waals surface area (Å²) in [6.07, 6.45) is 0. The van der Waals surface area contributed by atoms with E-state index in [0.717, 1.165) is 22.6 Å². The third-order valence-electron chi connectivity index (χ3n) is 4.84. The molecule has 0 aliphatic carbocycles. The molecular formula is C23H15N3O6. The van der Waals surface area contributed by atoms with Crippen molar-refractivity contribution in [3.05, 3.63) is 105 Å². The molecule has 1 aliphatic rings. The number of non-ortho nitro benzene ring substituents is 1. The lowest BCUT2D eigenvalue weighted by Gasteiger charge is -2.14. The van der Waals surface area contributed by atoms with E-state index in [1.165, 1.54) is 12.1 Å². The largest absolute Gasteiger partial charge is 0.365 e. The molecule has 158 valence electrons. The molecule has 0 radical (unpaired) electrons. The van der Waals surface area contributed by atoms with Gasteiger partial charge in [-0.05, 0) is 37.3 Å². The molecule has 9 nitrogen and oxygen atoms in total. The first-order valence-corrected chi connectivity index (χ1v) is 9.45. The van der Waals surface area contributed by atoms with E-state index in [9.17, 15) is 24.5 Å². The van der Waals surface area contributed by atoms with Crippen LogP contribution < -0.4 is 4.90 Å². The summed E-state index contributed by atoms with van der Waals surface area (Å²) in [6, 6.07) is 18.1. The number of nitro groups is 1. The summed E-state index contributed by atoms with van der Waals surface area (Å²) in [5.41, 5.74) is 1.60. The van der Waals surface area contributed by atoms with Gasteiger partial charge in [0.05, 0.1) is 16.2 Å². The van der Waals surface area contributed by atoms with Gasteiger partial charge in [0.2, 0.25) is 0 Å². The molecule has 3 aromatic rings. The molecule has 32 heavy (non-hydrogen) atoms. The SMILES string of the molecule is Cc1ccc(C(=O)N2C(=O)/C(=N\OC(=O)c3ccc([N+](=O)[O-])cc3)c3ccccc32)cc1. The van der Waals surface area contributed by atoms with Gasteiger partial charge in [0.15, 0.2) is 5.71 Å². The maximum atomic E-state index is 13.0. The van der Waals surface area contributed by atoms with E-state index in [1.807, 2.05) is 6.92 Å². The van der Waals surface area contributed by atoms with Crippen LogP contribution in [0.15, 0.2) is 78.0 Å². The molecule has 0 N–H and O–H groups in total. The molecule has 2 amide bonds. The van der Waals surface area contributed by atoms with Crippen LogP contribution in [0.4, 0.5) is 11.4 Å². The zero-order chi connectivity index (χ0) is 22.8. The molecule has 0 saturated carbocycles. The van der Waals surface area contributed by atoms with Crippen molar-refractivity contribution in [1.82, 2.24) is 0 Å². The van der Waals surface area contributed by atoms with E-state index < -0.39 is 22.7 Å². The van der Waals surface area contributed by atoms with E-state index in [0.29, 0.717) is 16.8 Å². The maximum Gasteiger partial charge on any atom is 0.365 e. The van der Waals surface area contributed by atoms with Gasteiger partial charge in [-0.2, -0.15) is 0 Å². The minimum atomic E-state index is -0.902. The lowest BCUT2D eigenvalue weighted by molar-refractivity contribution is -0.384. The predicted molar refractivity (Wildman–Crippen MR) is 114 cm³/mol. The van der Waals surface area contributed by atoms with Crippen LogP contribution in [-0.2, 0) is 9.63 Å².